The van der Waals surface area contributed by atoms with E-state index in [0.717, 1.165) is 11.3 Å². The normalized spacial score (nSPS) is 10.4. The lowest BCUT2D eigenvalue weighted by Gasteiger charge is -2.05. The average molecular weight is 294 g/mol. The van der Waals surface area contributed by atoms with E-state index in [2.05, 4.69) is 20.5 Å². The third-order valence-corrected chi connectivity index (χ3v) is 3.08. The van der Waals surface area contributed by atoms with E-state index >= 15 is 0 Å². The molecule has 0 saturated carbocycles. The number of benzene rings is 1. The van der Waals surface area contributed by atoms with Gasteiger partial charge >= 0.3 is 0 Å². The van der Waals surface area contributed by atoms with Crippen molar-refractivity contribution in [1.29, 1.82) is 0 Å². The molecule has 3 aromatic rings. The molecular formula is C16H14N4O2. The van der Waals surface area contributed by atoms with Gasteiger partial charge in [0, 0.05) is 24.2 Å². The molecule has 0 bridgehead atoms. The summed E-state index contributed by atoms with van der Waals surface area (Å²) in [7, 11) is 0. The van der Waals surface area contributed by atoms with Crippen molar-refractivity contribution < 1.29 is 9.21 Å². The highest BCUT2D eigenvalue weighted by Gasteiger charge is 2.09. The van der Waals surface area contributed by atoms with Crippen LogP contribution in [-0.4, -0.2) is 21.1 Å². The first-order valence-electron chi connectivity index (χ1n) is 6.81. The van der Waals surface area contributed by atoms with Crippen molar-refractivity contribution in [3.8, 4) is 11.5 Å². The van der Waals surface area contributed by atoms with Crippen molar-refractivity contribution >= 4 is 5.91 Å². The Morgan fingerprint density at radius 2 is 1.95 bits per heavy atom. The van der Waals surface area contributed by atoms with Gasteiger partial charge in [0.05, 0.1) is 12.2 Å². The summed E-state index contributed by atoms with van der Waals surface area (Å²) in [6.07, 6.45) is 1.70. The van der Waals surface area contributed by atoms with Crippen LogP contribution in [0.25, 0.3) is 11.5 Å². The Bertz CT molecular complexity index is 766. The van der Waals surface area contributed by atoms with Gasteiger partial charge in [-0.25, -0.2) is 0 Å². The Hall–Kier alpha value is -3.02. The molecule has 0 atom stereocenters. The Kier molecular flexibility index (Phi) is 3.91. The van der Waals surface area contributed by atoms with Crippen LogP contribution in [0.1, 0.15) is 21.9 Å². The number of carbonyl (C=O) groups is 1. The molecular weight excluding hydrogens is 280 g/mol. The van der Waals surface area contributed by atoms with Gasteiger partial charge in [0.15, 0.2) is 0 Å². The number of aryl methyl sites for hydroxylation is 1. The quantitative estimate of drug-likeness (QED) is 0.799. The fourth-order valence-electron chi connectivity index (χ4n) is 1.95. The molecule has 6 heteroatoms. The first-order valence-corrected chi connectivity index (χ1v) is 6.81. The molecule has 1 amide bonds. The fourth-order valence-corrected chi connectivity index (χ4v) is 1.95. The van der Waals surface area contributed by atoms with Crippen LogP contribution in [0.15, 0.2) is 53.1 Å². The summed E-state index contributed by atoms with van der Waals surface area (Å²) in [5, 5.41) is 10.5. The van der Waals surface area contributed by atoms with Crippen LogP contribution < -0.4 is 5.32 Å². The maximum absolute atomic E-state index is 12.1. The maximum Gasteiger partial charge on any atom is 0.251 e. The SMILES string of the molecule is Cc1nnc(-c2ccc(C(=O)NCc3ccccn3)cc2)o1. The average Bonchev–Trinajstić information content (AvgIpc) is 3.00. The molecule has 22 heavy (non-hydrogen) atoms. The number of nitrogens with zero attached hydrogens (tertiary/aromatic N) is 3. The van der Waals surface area contributed by atoms with Crippen molar-refractivity contribution in [2.75, 3.05) is 0 Å². The second kappa shape index (κ2) is 6.17. The van der Waals surface area contributed by atoms with Gasteiger partial charge in [-0.1, -0.05) is 6.07 Å². The second-order valence-electron chi connectivity index (χ2n) is 4.71. The number of hydrogen-bond acceptors (Lipinski definition) is 5. The molecule has 1 N–H and O–H groups in total. The summed E-state index contributed by atoms with van der Waals surface area (Å²) in [6, 6.07) is 12.6. The van der Waals surface area contributed by atoms with Crippen LogP contribution in [0.2, 0.25) is 0 Å². The van der Waals surface area contributed by atoms with Gasteiger partial charge in [-0.15, -0.1) is 10.2 Å². The standard InChI is InChI=1S/C16H14N4O2/c1-11-19-20-16(22-11)13-7-5-12(6-8-13)15(21)18-10-14-4-2-3-9-17-14/h2-9H,10H2,1H3,(H,18,21). The molecule has 2 heterocycles. The van der Waals surface area contributed by atoms with Crippen LogP contribution in [0.3, 0.4) is 0 Å². The number of nitrogens with one attached hydrogen (secondary N) is 1. The van der Waals surface area contributed by atoms with Crippen molar-refractivity contribution in [3.63, 3.8) is 0 Å². The van der Waals surface area contributed by atoms with Gasteiger partial charge in [-0.05, 0) is 36.4 Å². The lowest BCUT2D eigenvalue weighted by Crippen LogP contribution is -2.23. The number of carbonyl (C=O) groups excluding carboxylic acids is 1. The van der Waals surface area contributed by atoms with E-state index in [-0.39, 0.29) is 5.91 Å². The molecule has 110 valence electrons. The van der Waals surface area contributed by atoms with Crippen LogP contribution in [0.5, 0.6) is 0 Å². The predicted molar refractivity (Wildman–Crippen MR) is 79.9 cm³/mol. The monoisotopic (exact) mass is 294 g/mol. The third-order valence-electron chi connectivity index (χ3n) is 3.08. The summed E-state index contributed by atoms with van der Waals surface area (Å²) >= 11 is 0. The molecule has 0 spiro atoms. The van der Waals surface area contributed by atoms with Crippen molar-refractivity contribution in [3.05, 3.63) is 65.8 Å². The molecule has 0 radical (unpaired) electrons. The molecule has 1 aromatic carbocycles. The molecule has 6 nitrogen and oxygen atoms in total. The number of rotatable bonds is 4. The van der Waals surface area contributed by atoms with E-state index < -0.39 is 0 Å². The van der Waals surface area contributed by atoms with Crippen molar-refractivity contribution in [2.45, 2.75) is 13.5 Å². The molecule has 0 aliphatic carbocycles. The smallest absolute Gasteiger partial charge is 0.251 e. The van der Waals surface area contributed by atoms with E-state index in [0.29, 0.717) is 23.9 Å². The van der Waals surface area contributed by atoms with Crippen LogP contribution in [0.4, 0.5) is 0 Å². The van der Waals surface area contributed by atoms with Gasteiger partial charge < -0.3 is 9.73 Å². The van der Waals surface area contributed by atoms with E-state index in [9.17, 15) is 4.79 Å². The first-order chi connectivity index (χ1) is 10.7. The largest absolute Gasteiger partial charge is 0.421 e. The lowest BCUT2D eigenvalue weighted by atomic mass is 10.1. The molecule has 3 rings (SSSR count). The van der Waals surface area contributed by atoms with Crippen molar-refractivity contribution in [1.82, 2.24) is 20.5 Å². The molecule has 0 fully saturated rings. The highest BCUT2D eigenvalue weighted by Crippen LogP contribution is 2.18. The van der Waals surface area contributed by atoms with Crippen LogP contribution in [0, 0.1) is 6.92 Å². The van der Waals surface area contributed by atoms with Gasteiger partial charge in [0.25, 0.3) is 5.91 Å². The highest BCUT2D eigenvalue weighted by atomic mass is 16.4. The Morgan fingerprint density at radius 1 is 1.14 bits per heavy atom. The Balaban J connectivity index is 1.66. The van der Waals surface area contributed by atoms with Crippen molar-refractivity contribution in [2.24, 2.45) is 0 Å². The lowest BCUT2D eigenvalue weighted by molar-refractivity contribution is 0.0950. The number of aromatic nitrogens is 3. The van der Waals surface area contributed by atoms with E-state index in [1.165, 1.54) is 0 Å². The van der Waals surface area contributed by atoms with Crippen LogP contribution in [-0.2, 0) is 6.54 Å². The summed E-state index contributed by atoms with van der Waals surface area (Å²) in [5.41, 5.74) is 2.16. The van der Waals surface area contributed by atoms with E-state index in [1.54, 1.807) is 37.4 Å². The minimum Gasteiger partial charge on any atom is -0.421 e. The third kappa shape index (κ3) is 3.17. The second-order valence-corrected chi connectivity index (χ2v) is 4.71. The fraction of sp³-hybridized carbons (Fsp3) is 0.125. The Labute approximate surface area is 127 Å². The summed E-state index contributed by atoms with van der Waals surface area (Å²) in [6.45, 7) is 2.13. The minimum absolute atomic E-state index is 0.154. The molecule has 0 saturated heterocycles. The summed E-state index contributed by atoms with van der Waals surface area (Å²) in [4.78, 5) is 16.2. The zero-order valence-electron chi connectivity index (χ0n) is 12.0. The van der Waals surface area contributed by atoms with Gasteiger partial charge in [-0.3, -0.25) is 9.78 Å². The highest BCUT2D eigenvalue weighted by molar-refractivity contribution is 5.94. The molecule has 0 unspecified atom stereocenters. The topological polar surface area (TPSA) is 80.9 Å². The number of amides is 1. The Morgan fingerprint density at radius 3 is 2.59 bits per heavy atom. The zero-order chi connectivity index (χ0) is 15.4. The van der Waals surface area contributed by atoms with Crippen LogP contribution >= 0.6 is 0 Å². The van der Waals surface area contributed by atoms with E-state index in [4.69, 9.17) is 4.42 Å². The molecule has 0 aliphatic heterocycles. The van der Waals surface area contributed by atoms with Gasteiger partial charge in [0.1, 0.15) is 0 Å². The van der Waals surface area contributed by atoms with E-state index in [1.807, 2.05) is 18.2 Å². The minimum atomic E-state index is -0.154. The zero-order valence-corrected chi connectivity index (χ0v) is 12.0. The van der Waals surface area contributed by atoms with Gasteiger partial charge in [-0.2, -0.15) is 0 Å². The molecule has 0 aliphatic rings. The number of hydrogen-bond donors (Lipinski definition) is 1. The number of pyridine rings is 1. The molecule has 2 aromatic heterocycles. The predicted octanol–water partition coefficient (Wildman–Crippen LogP) is 2.37. The summed E-state index contributed by atoms with van der Waals surface area (Å²) < 4.78 is 5.34. The first kappa shape index (κ1) is 13.9. The maximum atomic E-state index is 12.1. The van der Waals surface area contributed by atoms with Gasteiger partial charge in [0.2, 0.25) is 11.8 Å². The summed E-state index contributed by atoms with van der Waals surface area (Å²) in [5.74, 6) is 0.795.